The average Bonchev–Trinajstić information content (AvgIpc) is 1.97. The summed E-state index contributed by atoms with van der Waals surface area (Å²) in [5.74, 6) is -0.318. The van der Waals surface area contributed by atoms with Crippen LogP contribution in [-0.4, -0.2) is 25.8 Å². The molecule has 1 aliphatic carbocycles. The van der Waals surface area contributed by atoms with Gasteiger partial charge < -0.3 is 9.47 Å². The molecule has 1 saturated carbocycles. The average molecular weight is 170 g/mol. The summed E-state index contributed by atoms with van der Waals surface area (Å²) < 4.78 is 9.84. The van der Waals surface area contributed by atoms with Crippen molar-refractivity contribution in [2.24, 2.45) is 0 Å². The second-order valence-corrected chi connectivity index (χ2v) is 2.99. The van der Waals surface area contributed by atoms with Gasteiger partial charge >= 0.3 is 5.97 Å². The molecule has 0 aromatic rings. The fourth-order valence-electron chi connectivity index (χ4n) is 0.957. The Bertz CT molecular complexity index is 182. The Balaban J connectivity index is 2.21. The van der Waals surface area contributed by atoms with E-state index in [1.165, 1.54) is 7.11 Å². The van der Waals surface area contributed by atoms with Gasteiger partial charge in [0.15, 0.2) is 0 Å². The standard InChI is InChI=1S/C9H14O3/c1-7(6-11-2)9(10)12-8-4-3-5-8/h8H,1,3-6H2,2H3. The Morgan fingerprint density at radius 3 is 2.67 bits per heavy atom. The van der Waals surface area contributed by atoms with Crippen LogP contribution in [0.2, 0.25) is 0 Å². The van der Waals surface area contributed by atoms with Crippen LogP contribution in [0.25, 0.3) is 0 Å². The van der Waals surface area contributed by atoms with Crippen molar-refractivity contribution in [2.75, 3.05) is 13.7 Å². The molecule has 0 N–H and O–H groups in total. The molecule has 3 nitrogen and oxygen atoms in total. The largest absolute Gasteiger partial charge is 0.459 e. The van der Waals surface area contributed by atoms with Crippen LogP contribution in [0, 0.1) is 0 Å². The van der Waals surface area contributed by atoms with Crippen molar-refractivity contribution in [3.05, 3.63) is 12.2 Å². The molecule has 68 valence electrons. The molecule has 0 atom stereocenters. The van der Waals surface area contributed by atoms with Crippen LogP contribution >= 0.6 is 0 Å². The predicted octanol–water partition coefficient (Wildman–Crippen LogP) is 1.28. The Morgan fingerprint density at radius 1 is 1.58 bits per heavy atom. The van der Waals surface area contributed by atoms with Crippen LogP contribution in [-0.2, 0) is 14.3 Å². The molecule has 0 aliphatic heterocycles. The van der Waals surface area contributed by atoms with Crippen LogP contribution in [0.1, 0.15) is 19.3 Å². The van der Waals surface area contributed by atoms with Gasteiger partial charge in [0.1, 0.15) is 6.10 Å². The van der Waals surface area contributed by atoms with Gasteiger partial charge in [0.25, 0.3) is 0 Å². The lowest BCUT2D eigenvalue weighted by Crippen LogP contribution is -2.26. The van der Waals surface area contributed by atoms with Crippen LogP contribution in [0.5, 0.6) is 0 Å². The molecule has 0 bridgehead atoms. The molecule has 0 aromatic heterocycles. The van der Waals surface area contributed by atoms with E-state index < -0.39 is 0 Å². The molecule has 0 amide bonds. The van der Waals surface area contributed by atoms with Crippen molar-refractivity contribution in [3.63, 3.8) is 0 Å². The third-order valence-electron chi connectivity index (χ3n) is 1.93. The maximum absolute atomic E-state index is 11.1. The Labute approximate surface area is 72.4 Å². The van der Waals surface area contributed by atoms with Crippen molar-refractivity contribution < 1.29 is 14.3 Å². The molecule has 0 heterocycles. The lowest BCUT2D eigenvalue weighted by atomic mass is 9.96. The highest BCUT2D eigenvalue weighted by molar-refractivity contribution is 5.88. The monoisotopic (exact) mass is 170 g/mol. The summed E-state index contributed by atoms with van der Waals surface area (Å²) in [6.07, 6.45) is 3.28. The van der Waals surface area contributed by atoms with E-state index in [0.717, 1.165) is 19.3 Å². The molecule has 3 heteroatoms. The number of hydrogen-bond donors (Lipinski definition) is 0. The van der Waals surface area contributed by atoms with Crippen molar-refractivity contribution in [3.8, 4) is 0 Å². The maximum atomic E-state index is 11.1. The van der Waals surface area contributed by atoms with E-state index in [9.17, 15) is 4.79 Å². The summed E-state index contributed by atoms with van der Waals surface area (Å²) in [6.45, 7) is 3.81. The SMILES string of the molecule is C=C(COC)C(=O)OC1CCC1. The predicted molar refractivity (Wildman–Crippen MR) is 44.7 cm³/mol. The van der Waals surface area contributed by atoms with Crippen molar-refractivity contribution in [1.82, 2.24) is 0 Å². The van der Waals surface area contributed by atoms with E-state index in [0.29, 0.717) is 5.57 Å². The minimum absolute atomic E-state index is 0.131. The Hall–Kier alpha value is -0.830. The third-order valence-corrected chi connectivity index (χ3v) is 1.93. The van der Waals surface area contributed by atoms with Crippen LogP contribution in [0.3, 0.4) is 0 Å². The molecule has 1 rings (SSSR count). The van der Waals surface area contributed by atoms with Crippen LogP contribution in [0.15, 0.2) is 12.2 Å². The number of rotatable bonds is 4. The van der Waals surface area contributed by atoms with Gasteiger partial charge in [0.05, 0.1) is 12.2 Å². The molecule has 1 fully saturated rings. The van der Waals surface area contributed by atoms with E-state index in [4.69, 9.17) is 9.47 Å². The number of esters is 1. The van der Waals surface area contributed by atoms with E-state index in [1.807, 2.05) is 0 Å². The first kappa shape index (κ1) is 9.26. The van der Waals surface area contributed by atoms with Crippen molar-refractivity contribution in [2.45, 2.75) is 25.4 Å². The zero-order valence-electron chi connectivity index (χ0n) is 7.34. The fraction of sp³-hybridized carbons (Fsp3) is 0.667. The summed E-state index contributed by atoms with van der Waals surface area (Å²) in [5, 5.41) is 0. The zero-order chi connectivity index (χ0) is 8.97. The number of carbonyl (C=O) groups is 1. The zero-order valence-corrected chi connectivity index (χ0v) is 7.34. The van der Waals surface area contributed by atoms with Crippen LogP contribution in [0.4, 0.5) is 0 Å². The summed E-state index contributed by atoms with van der Waals surface area (Å²) >= 11 is 0. The lowest BCUT2D eigenvalue weighted by Gasteiger charge is -2.25. The first-order chi connectivity index (χ1) is 5.74. The molecule has 0 unspecified atom stereocenters. The molecular formula is C9H14O3. The van der Waals surface area contributed by atoms with Gasteiger partial charge in [-0.3, -0.25) is 0 Å². The molecule has 1 aliphatic rings. The number of ether oxygens (including phenoxy) is 2. The normalized spacial score (nSPS) is 16.8. The summed E-state index contributed by atoms with van der Waals surface area (Å²) in [4.78, 5) is 11.1. The summed E-state index contributed by atoms with van der Waals surface area (Å²) in [5.41, 5.74) is 0.393. The van der Waals surface area contributed by atoms with Gasteiger partial charge in [-0.15, -0.1) is 0 Å². The topological polar surface area (TPSA) is 35.5 Å². The van der Waals surface area contributed by atoms with Crippen molar-refractivity contribution >= 4 is 5.97 Å². The molecule has 12 heavy (non-hydrogen) atoms. The van der Waals surface area contributed by atoms with E-state index >= 15 is 0 Å². The van der Waals surface area contributed by atoms with Gasteiger partial charge in [0.2, 0.25) is 0 Å². The number of hydrogen-bond acceptors (Lipinski definition) is 3. The highest BCUT2D eigenvalue weighted by Crippen LogP contribution is 2.22. The first-order valence-corrected chi connectivity index (χ1v) is 4.11. The highest BCUT2D eigenvalue weighted by Gasteiger charge is 2.22. The Morgan fingerprint density at radius 2 is 2.25 bits per heavy atom. The molecule has 0 aromatic carbocycles. The third kappa shape index (κ3) is 2.34. The second-order valence-electron chi connectivity index (χ2n) is 2.99. The smallest absolute Gasteiger partial charge is 0.336 e. The van der Waals surface area contributed by atoms with E-state index in [-0.39, 0.29) is 18.7 Å². The minimum atomic E-state index is -0.318. The highest BCUT2D eigenvalue weighted by atomic mass is 16.5. The van der Waals surface area contributed by atoms with Gasteiger partial charge in [-0.25, -0.2) is 4.79 Å². The van der Waals surface area contributed by atoms with Gasteiger partial charge in [-0.2, -0.15) is 0 Å². The van der Waals surface area contributed by atoms with Gasteiger partial charge in [-0.1, -0.05) is 6.58 Å². The van der Waals surface area contributed by atoms with Gasteiger partial charge in [-0.05, 0) is 19.3 Å². The quantitative estimate of drug-likeness (QED) is 0.471. The maximum Gasteiger partial charge on any atom is 0.336 e. The Kier molecular flexibility index (Phi) is 3.29. The van der Waals surface area contributed by atoms with E-state index in [2.05, 4.69) is 6.58 Å². The number of methoxy groups -OCH3 is 1. The van der Waals surface area contributed by atoms with Crippen LogP contribution < -0.4 is 0 Å². The first-order valence-electron chi connectivity index (χ1n) is 4.11. The van der Waals surface area contributed by atoms with E-state index in [1.54, 1.807) is 0 Å². The molecule has 0 radical (unpaired) electrons. The molecule has 0 saturated heterocycles. The van der Waals surface area contributed by atoms with Crippen molar-refractivity contribution in [1.29, 1.82) is 0 Å². The summed E-state index contributed by atoms with van der Waals surface area (Å²) in [6, 6.07) is 0. The minimum Gasteiger partial charge on any atom is -0.459 e. The molecule has 0 spiro atoms. The molecular weight excluding hydrogens is 156 g/mol. The van der Waals surface area contributed by atoms with Gasteiger partial charge in [0, 0.05) is 7.11 Å². The summed E-state index contributed by atoms with van der Waals surface area (Å²) in [7, 11) is 1.53. The second kappa shape index (κ2) is 4.26. The lowest BCUT2D eigenvalue weighted by molar-refractivity contribution is -0.148. The fourth-order valence-corrected chi connectivity index (χ4v) is 0.957. The number of carbonyl (C=O) groups excluding carboxylic acids is 1.